The van der Waals surface area contributed by atoms with Crippen LogP contribution in [0.3, 0.4) is 0 Å². The molecule has 3 nitrogen and oxygen atoms in total. The fourth-order valence-electron chi connectivity index (χ4n) is 1.90. The number of aromatic nitrogens is 1. The first-order chi connectivity index (χ1) is 9.72. The lowest BCUT2D eigenvalue weighted by Gasteiger charge is -1.97. The summed E-state index contributed by atoms with van der Waals surface area (Å²) in [6.07, 6.45) is 1.88. The Morgan fingerprint density at radius 3 is 2.75 bits per heavy atom. The van der Waals surface area contributed by atoms with Gasteiger partial charge in [0.1, 0.15) is 5.76 Å². The van der Waals surface area contributed by atoms with Crippen molar-refractivity contribution in [3.05, 3.63) is 64.2 Å². The molecule has 0 saturated carbocycles. The maximum atomic E-state index is 12.0. The van der Waals surface area contributed by atoms with Gasteiger partial charge in [-0.3, -0.25) is 4.79 Å². The van der Waals surface area contributed by atoms with Gasteiger partial charge in [-0.1, -0.05) is 23.8 Å². The van der Waals surface area contributed by atoms with E-state index in [2.05, 4.69) is 4.98 Å². The van der Waals surface area contributed by atoms with E-state index in [1.165, 1.54) is 16.9 Å². The molecule has 0 amide bonds. The zero-order valence-electron chi connectivity index (χ0n) is 11.0. The summed E-state index contributed by atoms with van der Waals surface area (Å²) in [5, 5.41) is 1.89. The molecule has 0 aliphatic carbocycles. The van der Waals surface area contributed by atoms with Crippen LogP contribution in [0.1, 0.15) is 21.0 Å². The highest BCUT2D eigenvalue weighted by Gasteiger charge is 2.12. The lowest BCUT2D eigenvalue weighted by molar-refractivity contribution is 0.0991. The molecule has 0 radical (unpaired) electrons. The summed E-state index contributed by atoms with van der Waals surface area (Å²) in [6, 6.07) is 11.6. The number of thiophene rings is 1. The smallest absolute Gasteiger partial charge is 0.226 e. The maximum Gasteiger partial charge on any atom is 0.226 e. The van der Waals surface area contributed by atoms with E-state index in [4.69, 9.17) is 4.42 Å². The van der Waals surface area contributed by atoms with E-state index >= 15 is 0 Å². The Balaban J connectivity index is 1.77. The molecule has 0 fully saturated rings. The molecule has 0 unspecified atom stereocenters. The number of aryl methyl sites for hydroxylation is 1. The Labute approximate surface area is 120 Å². The Kier molecular flexibility index (Phi) is 3.48. The van der Waals surface area contributed by atoms with Crippen LogP contribution in [0.4, 0.5) is 0 Å². The first-order valence-corrected chi connectivity index (χ1v) is 7.19. The van der Waals surface area contributed by atoms with Crippen molar-refractivity contribution in [2.75, 3.05) is 0 Å². The number of nitrogens with zero attached hydrogens (tertiary/aromatic N) is 1. The molecule has 0 spiro atoms. The van der Waals surface area contributed by atoms with Crippen molar-refractivity contribution >= 4 is 17.1 Å². The quantitative estimate of drug-likeness (QED) is 0.676. The number of ketones is 1. The molecule has 4 heteroatoms. The van der Waals surface area contributed by atoms with Gasteiger partial charge in [0.05, 0.1) is 17.5 Å². The largest absolute Gasteiger partial charge is 0.441 e. The molecule has 20 heavy (non-hydrogen) atoms. The van der Waals surface area contributed by atoms with Gasteiger partial charge >= 0.3 is 0 Å². The van der Waals surface area contributed by atoms with Gasteiger partial charge in [-0.05, 0) is 30.5 Å². The second-order valence-electron chi connectivity index (χ2n) is 4.58. The minimum atomic E-state index is 0.0617. The third-order valence-corrected chi connectivity index (χ3v) is 3.89. The third-order valence-electron chi connectivity index (χ3n) is 2.98. The predicted octanol–water partition coefficient (Wildman–Crippen LogP) is 4.14. The number of oxazole rings is 1. The average Bonchev–Trinajstić information content (AvgIpc) is 3.10. The monoisotopic (exact) mass is 283 g/mol. The number of benzene rings is 1. The van der Waals surface area contributed by atoms with Crippen LogP contribution in [0.25, 0.3) is 11.5 Å². The SMILES string of the molecule is Cc1ccc(-c2ncc(CC(=O)c3cccs3)o2)cc1. The second-order valence-corrected chi connectivity index (χ2v) is 5.52. The van der Waals surface area contributed by atoms with Gasteiger partial charge in [0.15, 0.2) is 5.78 Å². The van der Waals surface area contributed by atoms with Crippen molar-refractivity contribution in [3.8, 4) is 11.5 Å². The summed E-state index contributed by atoms with van der Waals surface area (Å²) in [5.41, 5.74) is 2.11. The van der Waals surface area contributed by atoms with Gasteiger partial charge in [0.25, 0.3) is 0 Å². The van der Waals surface area contributed by atoms with E-state index in [0.717, 1.165) is 10.4 Å². The lowest BCUT2D eigenvalue weighted by atomic mass is 10.1. The molecule has 2 heterocycles. The van der Waals surface area contributed by atoms with E-state index in [9.17, 15) is 4.79 Å². The molecule has 0 aliphatic heterocycles. The highest BCUT2D eigenvalue weighted by atomic mass is 32.1. The topological polar surface area (TPSA) is 43.1 Å². The molecule has 0 aliphatic rings. The first-order valence-electron chi connectivity index (χ1n) is 6.31. The predicted molar refractivity (Wildman–Crippen MR) is 79.0 cm³/mol. The van der Waals surface area contributed by atoms with Crippen molar-refractivity contribution in [3.63, 3.8) is 0 Å². The Morgan fingerprint density at radius 2 is 2.05 bits per heavy atom. The summed E-state index contributed by atoms with van der Waals surface area (Å²) in [6.45, 7) is 2.03. The lowest BCUT2D eigenvalue weighted by Crippen LogP contribution is -1.99. The van der Waals surface area contributed by atoms with Crippen molar-refractivity contribution < 1.29 is 9.21 Å². The Hall–Kier alpha value is -2.20. The van der Waals surface area contributed by atoms with Gasteiger partial charge in [0, 0.05) is 5.56 Å². The zero-order valence-corrected chi connectivity index (χ0v) is 11.8. The molecule has 0 atom stereocenters. The van der Waals surface area contributed by atoms with Crippen molar-refractivity contribution in [2.45, 2.75) is 13.3 Å². The average molecular weight is 283 g/mol. The van der Waals surface area contributed by atoms with E-state index < -0.39 is 0 Å². The number of rotatable bonds is 4. The molecular formula is C16H13NO2S. The highest BCUT2D eigenvalue weighted by molar-refractivity contribution is 7.12. The van der Waals surface area contributed by atoms with Crippen LogP contribution in [0.5, 0.6) is 0 Å². The fourth-order valence-corrected chi connectivity index (χ4v) is 2.57. The standard InChI is InChI=1S/C16H13NO2S/c1-11-4-6-12(7-5-11)16-17-10-13(19-16)9-14(18)15-3-2-8-20-15/h2-8,10H,9H2,1H3. The van der Waals surface area contributed by atoms with Crippen LogP contribution in [0.15, 0.2) is 52.4 Å². The summed E-state index contributed by atoms with van der Waals surface area (Å²) >= 11 is 1.44. The molecule has 3 aromatic rings. The van der Waals surface area contributed by atoms with Crippen molar-refractivity contribution in [2.24, 2.45) is 0 Å². The molecule has 2 aromatic heterocycles. The molecule has 0 bridgehead atoms. The van der Waals surface area contributed by atoms with Gasteiger partial charge in [-0.25, -0.2) is 4.98 Å². The van der Waals surface area contributed by atoms with Crippen LogP contribution >= 0.6 is 11.3 Å². The number of carbonyl (C=O) groups is 1. The number of Topliss-reactive ketones (excluding diaryl/α,β-unsaturated/α-hetero) is 1. The summed E-state index contributed by atoms with van der Waals surface area (Å²) in [7, 11) is 0. The first kappa shape index (κ1) is 12.8. The van der Waals surface area contributed by atoms with Crippen molar-refractivity contribution in [1.29, 1.82) is 0 Å². The number of hydrogen-bond acceptors (Lipinski definition) is 4. The fraction of sp³-hybridized carbons (Fsp3) is 0.125. The minimum absolute atomic E-state index is 0.0617. The van der Waals surface area contributed by atoms with Gasteiger partial charge in [0.2, 0.25) is 5.89 Å². The number of carbonyl (C=O) groups excluding carboxylic acids is 1. The van der Waals surface area contributed by atoms with Gasteiger partial charge in [-0.15, -0.1) is 11.3 Å². The third kappa shape index (κ3) is 2.70. The normalized spacial score (nSPS) is 10.7. The maximum absolute atomic E-state index is 12.0. The van der Waals surface area contributed by atoms with E-state index in [0.29, 0.717) is 11.7 Å². The van der Waals surface area contributed by atoms with Crippen LogP contribution in [-0.2, 0) is 6.42 Å². The number of hydrogen-bond donors (Lipinski definition) is 0. The Morgan fingerprint density at radius 1 is 1.25 bits per heavy atom. The second kappa shape index (κ2) is 5.43. The summed E-state index contributed by atoms with van der Waals surface area (Å²) in [4.78, 5) is 17.0. The molecular weight excluding hydrogens is 270 g/mol. The molecule has 0 N–H and O–H groups in total. The van der Waals surface area contributed by atoms with E-state index in [-0.39, 0.29) is 12.2 Å². The zero-order chi connectivity index (χ0) is 13.9. The molecule has 3 rings (SSSR count). The van der Waals surface area contributed by atoms with E-state index in [1.54, 1.807) is 6.20 Å². The van der Waals surface area contributed by atoms with Crippen LogP contribution in [0, 0.1) is 6.92 Å². The highest BCUT2D eigenvalue weighted by Crippen LogP contribution is 2.21. The minimum Gasteiger partial charge on any atom is -0.441 e. The molecule has 100 valence electrons. The van der Waals surface area contributed by atoms with Crippen molar-refractivity contribution in [1.82, 2.24) is 4.98 Å². The van der Waals surface area contributed by atoms with E-state index in [1.807, 2.05) is 48.7 Å². The van der Waals surface area contributed by atoms with Gasteiger partial charge < -0.3 is 4.42 Å². The van der Waals surface area contributed by atoms with Crippen LogP contribution in [-0.4, -0.2) is 10.8 Å². The van der Waals surface area contributed by atoms with Crippen LogP contribution in [0.2, 0.25) is 0 Å². The molecule has 1 aromatic carbocycles. The van der Waals surface area contributed by atoms with Crippen LogP contribution < -0.4 is 0 Å². The Bertz CT molecular complexity index is 711. The van der Waals surface area contributed by atoms with Gasteiger partial charge in [-0.2, -0.15) is 0 Å². The molecule has 0 saturated heterocycles. The summed E-state index contributed by atoms with van der Waals surface area (Å²) in [5.74, 6) is 1.21. The summed E-state index contributed by atoms with van der Waals surface area (Å²) < 4.78 is 5.65.